The molecule has 0 N–H and O–H groups in total. The summed E-state index contributed by atoms with van der Waals surface area (Å²) >= 11 is 0. The Kier molecular flexibility index (Phi) is 5.21. The zero-order chi connectivity index (χ0) is 12.6. The van der Waals surface area contributed by atoms with Crippen molar-refractivity contribution in [2.24, 2.45) is 0 Å². The summed E-state index contributed by atoms with van der Waals surface area (Å²) < 4.78 is 5.65. The maximum atomic E-state index is 11.0. The van der Waals surface area contributed by atoms with Gasteiger partial charge < -0.3 is 9.53 Å². The number of piperidine rings is 1. The molecule has 0 saturated carbocycles. The smallest absolute Gasteiger partial charge is 0.137 e. The minimum Gasteiger partial charge on any atom is -0.494 e. The van der Waals surface area contributed by atoms with Gasteiger partial charge in [0.1, 0.15) is 12.0 Å². The maximum Gasteiger partial charge on any atom is 0.137 e. The van der Waals surface area contributed by atoms with Crippen LogP contribution >= 0.6 is 0 Å². The van der Waals surface area contributed by atoms with Gasteiger partial charge in [-0.25, -0.2) is 0 Å². The molecule has 1 fully saturated rings. The lowest BCUT2D eigenvalue weighted by atomic mass is 10.0. The number of hydrogen-bond donors (Lipinski definition) is 0. The molecule has 1 aromatic rings. The molecule has 3 nitrogen and oxygen atoms in total. The molecule has 0 aliphatic carbocycles. The molecule has 0 aromatic heterocycles. The maximum absolute atomic E-state index is 11.0. The van der Waals surface area contributed by atoms with Crippen LogP contribution in [0.3, 0.4) is 0 Å². The second kappa shape index (κ2) is 7.17. The fourth-order valence-electron chi connectivity index (χ4n) is 2.42. The summed E-state index contributed by atoms with van der Waals surface area (Å²) in [6, 6.07) is 10.0. The summed E-state index contributed by atoms with van der Waals surface area (Å²) in [4.78, 5) is 13.2. The summed E-state index contributed by atoms with van der Waals surface area (Å²) in [5, 5.41) is 0. The largest absolute Gasteiger partial charge is 0.494 e. The van der Waals surface area contributed by atoms with Crippen molar-refractivity contribution >= 4 is 6.29 Å². The summed E-state index contributed by atoms with van der Waals surface area (Å²) in [6.07, 6.45) is 5.48. The van der Waals surface area contributed by atoms with Crippen molar-refractivity contribution in [2.45, 2.75) is 31.7 Å². The minimum absolute atomic E-state index is 0.135. The SMILES string of the molecule is O=CC1CCCCN1CCCOc1ccccc1. The average Bonchev–Trinajstić information content (AvgIpc) is 2.45. The Balaban J connectivity index is 1.67. The predicted molar refractivity (Wildman–Crippen MR) is 71.8 cm³/mol. The molecular formula is C15H21NO2. The van der Waals surface area contributed by atoms with Crippen LogP contribution in [0.1, 0.15) is 25.7 Å². The van der Waals surface area contributed by atoms with Crippen LogP contribution in [-0.2, 0) is 4.79 Å². The lowest BCUT2D eigenvalue weighted by molar-refractivity contribution is -0.113. The van der Waals surface area contributed by atoms with Crippen LogP contribution in [0.4, 0.5) is 0 Å². The van der Waals surface area contributed by atoms with Crippen molar-refractivity contribution in [2.75, 3.05) is 19.7 Å². The van der Waals surface area contributed by atoms with E-state index in [2.05, 4.69) is 4.90 Å². The van der Waals surface area contributed by atoms with E-state index >= 15 is 0 Å². The number of benzene rings is 1. The number of hydrogen-bond acceptors (Lipinski definition) is 3. The van der Waals surface area contributed by atoms with E-state index in [0.717, 1.165) is 38.0 Å². The number of rotatable bonds is 6. The molecule has 1 heterocycles. The number of nitrogens with zero attached hydrogens (tertiary/aromatic N) is 1. The van der Waals surface area contributed by atoms with Crippen LogP contribution in [0.2, 0.25) is 0 Å². The Hall–Kier alpha value is -1.35. The molecule has 1 aliphatic rings. The first kappa shape index (κ1) is 13.1. The zero-order valence-electron chi connectivity index (χ0n) is 10.8. The quantitative estimate of drug-likeness (QED) is 0.571. The highest BCUT2D eigenvalue weighted by atomic mass is 16.5. The van der Waals surface area contributed by atoms with Gasteiger partial charge in [0, 0.05) is 6.54 Å². The average molecular weight is 247 g/mol. The summed E-state index contributed by atoms with van der Waals surface area (Å²) in [5.41, 5.74) is 0. The van der Waals surface area contributed by atoms with Crippen LogP contribution in [0.5, 0.6) is 5.75 Å². The number of para-hydroxylation sites is 1. The number of ether oxygens (including phenoxy) is 1. The van der Waals surface area contributed by atoms with Crippen molar-refractivity contribution in [1.82, 2.24) is 4.90 Å². The Morgan fingerprint density at radius 2 is 2.11 bits per heavy atom. The van der Waals surface area contributed by atoms with Gasteiger partial charge in [0.15, 0.2) is 0 Å². The third-order valence-corrected chi connectivity index (χ3v) is 3.42. The summed E-state index contributed by atoms with van der Waals surface area (Å²) in [6.45, 7) is 2.72. The highest BCUT2D eigenvalue weighted by Crippen LogP contribution is 2.15. The van der Waals surface area contributed by atoms with Gasteiger partial charge >= 0.3 is 0 Å². The molecule has 1 atom stereocenters. The second-order valence-corrected chi connectivity index (χ2v) is 4.75. The number of carbonyl (C=O) groups is 1. The molecule has 1 unspecified atom stereocenters. The third-order valence-electron chi connectivity index (χ3n) is 3.42. The molecule has 0 radical (unpaired) electrons. The van der Waals surface area contributed by atoms with Gasteiger partial charge in [-0.2, -0.15) is 0 Å². The highest BCUT2D eigenvalue weighted by molar-refractivity contribution is 5.57. The Bertz CT molecular complexity index is 353. The van der Waals surface area contributed by atoms with Gasteiger partial charge in [-0.15, -0.1) is 0 Å². The summed E-state index contributed by atoms with van der Waals surface area (Å²) in [5.74, 6) is 0.920. The predicted octanol–water partition coefficient (Wildman–Crippen LogP) is 2.51. The van der Waals surface area contributed by atoms with Crippen molar-refractivity contribution in [3.63, 3.8) is 0 Å². The van der Waals surface area contributed by atoms with Crippen LogP contribution in [0, 0.1) is 0 Å². The molecule has 0 bridgehead atoms. The van der Waals surface area contributed by atoms with Gasteiger partial charge in [0.25, 0.3) is 0 Å². The molecule has 3 heteroatoms. The van der Waals surface area contributed by atoms with Crippen LogP contribution in [0.25, 0.3) is 0 Å². The van der Waals surface area contributed by atoms with E-state index in [1.165, 1.54) is 12.8 Å². The van der Waals surface area contributed by atoms with E-state index < -0.39 is 0 Å². The first-order chi connectivity index (χ1) is 8.90. The molecule has 0 spiro atoms. The van der Waals surface area contributed by atoms with Gasteiger partial charge in [-0.1, -0.05) is 24.6 Å². The first-order valence-corrected chi connectivity index (χ1v) is 6.77. The van der Waals surface area contributed by atoms with Crippen molar-refractivity contribution < 1.29 is 9.53 Å². The van der Waals surface area contributed by atoms with E-state index in [9.17, 15) is 4.79 Å². The minimum atomic E-state index is 0.135. The van der Waals surface area contributed by atoms with E-state index in [0.29, 0.717) is 6.61 Å². The lowest BCUT2D eigenvalue weighted by Crippen LogP contribution is -2.41. The topological polar surface area (TPSA) is 29.5 Å². The van der Waals surface area contributed by atoms with Crippen molar-refractivity contribution in [3.05, 3.63) is 30.3 Å². The van der Waals surface area contributed by atoms with Crippen molar-refractivity contribution in [3.8, 4) is 5.75 Å². The molecular weight excluding hydrogens is 226 g/mol. The molecule has 0 amide bonds. The molecule has 2 rings (SSSR count). The second-order valence-electron chi connectivity index (χ2n) is 4.75. The summed E-state index contributed by atoms with van der Waals surface area (Å²) in [7, 11) is 0. The fourth-order valence-corrected chi connectivity index (χ4v) is 2.42. The van der Waals surface area contributed by atoms with Gasteiger partial charge in [0.2, 0.25) is 0 Å². The number of likely N-dealkylation sites (tertiary alicyclic amines) is 1. The molecule has 1 aromatic carbocycles. The molecule has 1 saturated heterocycles. The van der Waals surface area contributed by atoms with E-state index in [-0.39, 0.29) is 6.04 Å². The molecule has 98 valence electrons. The van der Waals surface area contributed by atoms with E-state index in [4.69, 9.17) is 4.74 Å². The monoisotopic (exact) mass is 247 g/mol. The lowest BCUT2D eigenvalue weighted by Gasteiger charge is -2.32. The van der Waals surface area contributed by atoms with Crippen LogP contribution < -0.4 is 4.74 Å². The Labute approximate surface area is 109 Å². The molecule has 1 aliphatic heterocycles. The van der Waals surface area contributed by atoms with Crippen LogP contribution in [-0.4, -0.2) is 36.9 Å². The van der Waals surface area contributed by atoms with Gasteiger partial charge in [-0.05, 0) is 37.9 Å². The highest BCUT2D eigenvalue weighted by Gasteiger charge is 2.20. The van der Waals surface area contributed by atoms with Crippen LogP contribution in [0.15, 0.2) is 30.3 Å². The standard InChI is InChI=1S/C15H21NO2/c17-13-14-7-4-5-10-16(14)11-6-12-18-15-8-2-1-3-9-15/h1-3,8-9,13-14H,4-7,10-12H2. The Morgan fingerprint density at radius 3 is 2.89 bits per heavy atom. The Morgan fingerprint density at radius 1 is 1.28 bits per heavy atom. The zero-order valence-corrected chi connectivity index (χ0v) is 10.8. The fraction of sp³-hybridized carbons (Fsp3) is 0.533. The van der Waals surface area contributed by atoms with Crippen molar-refractivity contribution in [1.29, 1.82) is 0 Å². The van der Waals surface area contributed by atoms with Gasteiger partial charge in [0.05, 0.1) is 12.6 Å². The van der Waals surface area contributed by atoms with E-state index in [1.54, 1.807) is 0 Å². The number of aldehydes is 1. The molecule has 18 heavy (non-hydrogen) atoms. The number of carbonyl (C=O) groups excluding carboxylic acids is 1. The van der Waals surface area contributed by atoms with Gasteiger partial charge in [-0.3, -0.25) is 4.90 Å². The first-order valence-electron chi connectivity index (χ1n) is 6.77. The normalized spacial score (nSPS) is 20.6. The van der Waals surface area contributed by atoms with E-state index in [1.807, 2.05) is 30.3 Å². The third kappa shape index (κ3) is 3.84.